The van der Waals surface area contributed by atoms with Crippen LogP contribution < -0.4 is 5.32 Å². The fourth-order valence-electron chi connectivity index (χ4n) is 3.33. The van der Waals surface area contributed by atoms with Crippen LogP contribution in [0.1, 0.15) is 67.2 Å². The van der Waals surface area contributed by atoms with Gasteiger partial charge < -0.3 is 14.8 Å². The number of imide groups is 1. The average molecular weight is 356 g/mol. The molecule has 0 aromatic carbocycles. The number of carbonyl (C=O) groups excluding carboxylic acids is 3. The fraction of sp³-hybridized carbons (Fsp3) is 0.833. The number of carbonyl (C=O) groups is 3. The van der Waals surface area contributed by atoms with Crippen LogP contribution in [0.15, 0.2) is 0 Å². The van der Waals surface area contributed by atoms with Gasteiger partial charge in [0, 0.05) is 20.5 Å². The molecular weight excluding hydrogens is 324 g/mol. The van der Waals surface area contributed by atoms with Gasteiger partial charge in [0.2, 0.25) is 11.8 Å². The molecule has 1 N–H and O–H groups in total. The molecule has 0 aliphatic carbocycles. The van der Waals surface area contributed by atoms with E-state index >= 15 is 0 Å². The zero-order valence-electron chi connectivity index (χ0n) is 16.5. The molecule has 1 aliphatic heterocycles. The lowest BCUT2D eigenvalue weighted by atomic mass is 9.85. The van der Waals surface area contributed by atoms with Crippen LogP contribution in [0.5, 0.6) is 0 Å². The van der Waals surface area contributed by atoms with Crippen LogP contribution in [0.3, 0.4) is 0 Å². The maximum absolute atomic E-state index is 12.6. The van der Waals surface area contributed by atoms with E-state index in [1.165, 1.54) is 6.92 Å². The lowest BCUT2D eigenvalue weighted by molar-refractivity contribution is -0.132. The Bertz CT molecular complexity index is 514. The number of hydrogen-bond acceptors (Lipinski definition) is 5. The van der Waals surface area contributed by atoms with E-state index in [-0.39, 0.29) is 18.2 Å². The molecule has 1 heterocycles. The average Bonchev–Trinajstić information content (AvgIpc) is 2.84. The molecule has 0 radical (unpaired) electrons. The summed E-state index contributed by atoms with van der Waals surface area (Å²) in [6.45, 7) is 10.6. The van der Waals surface area contributed by atoms with Gasteiger partial charge in [-0.15, -0.1) is 0 Å². The van der Waals surface area contributed by atoms with Crippen molar-refractivity contribution in [2.75, 3.05) is 7.11 Å². The number of rotatable bonds is 6. The molecule has 0 unspecified atom stereocenters. The molecule has 1 rings (SSSR count). The molecule has 3 amide bonds. The van der Waals surface area contributed by atoms with Crippen LogP contribution in [0.4, 0.5) is 4.79 Å². The van der Waals surface area contributed by atoms with Gasteiger partial charge in [-0.3, -0.25) is 9.59 Å². The maximum atomic E-state index is 12.6. The highest BCUT2D eigenvalue weighted by molar-refractivity contribution is 5.94. The van der Waals surface area contributed by atoms with E-state index in [2.05, 4.69) is 5.32 Å². The Kier molecular flexibility index (Phi) is 6.99. The Hall–Kier alpha value is -1.63. The summed E-state index contributed by atoms with van der Waals surface area (Å²) in [5.74, 6) is -0.516. The first-order chi connectivity index (χ1) is 11.4. The summed E-state index contributed by atoms with van der Waals surface area (Å²) >= 11 is 0. The molecule has 144 valence electrons. The van der Waals surface area contributed by atoms with Crippen LogP contribution in [-0.4, -0.2) is 53.2 Å². The zero-order valence-corrected chi connectivity index (χ0v) is 16.5. The van der Waals surface area contributed by atoms with E-state index in [4.69, 9.17) is 9.47 Å². The number of likely N-dealkylation sites (tertiary alicyclic amines) is 1. The Morgan fingerprint density at radius 1 is 1.32 bits per heavy atom. The van der Waals surface area contributed by atoms with Crippen molar-refractivity contribution in [1.29, 1.82) is 0 Å². The molecule has 0 aromatic heterocycles. The molecule has 25 heavy (non-hydrogen) atoms. The predicted molar refractivity (Wildman–Crippen MR) is 94.0 cm³/mol. The van der Waals surface area contributed by atoms with Gasteiger partial charge in [-0.25, -0.2) is 9.69 Å². The second kappa shape index (κ2) is 8.17. The van der Waals surface area contributed by atoms with Crippen LogP contribution in [-0.2, 0) is 19.1 Å². The van der Waals surface area contributed by atoms with E-state index in [0.717, 1.165) is 11.3 Å². The third kappa shape index (κ3) is 5.42. The van der Waals surface area contributed by atoms with Crippen molar-refractivity contribution in [2.24, 2.45) is 0 Å². The lowest BCUT2D eigenvalue weighted by Gasteiger charge is -2.42. The second-order valence-electron chi connectivity index (χ2n) is 7.80. The molecule has 0 saturated carbocycles. The minimum atomic E-state index is -0.706. The van der Waals surface area contributed by atoms with Gasteiger partial charge in [0.25, 0.3) is 0 Å². The smallest absolute Gasteiger partial charge is 0.417 e. The Labute approximate surface area is 150 Å². The summed E-state index contributed by atoms with van der Waals surface area (Å²) < 4.78 is 11.1. The fourth-order valence-corrected chi connectivity index (χ4v) is 3.33. The number of nitrogens with one attached hydrogen (secondary N) is 1. The predicted octanol–water partition coefficient (Wildman–Crippen LogP) is 2.62. The van der Waals surface area contributed by atoms with Gasteiger partial charge in [0.1, 0.15) is 5.60 Å². The van der Waals surface area contributed by atoms with Gasteiger partial charge >= 0.3 is 6.09 Å². The van der Waals surface area contributed by atoms with E-state index in [0.29, 0.717) is 12.8 Å². The van der Waals surface area contributed by atoms with Gasteiger partial charge in [-0.1, -0.05) is 13.3 Å². The van der Waals surface area contributed by atoms with E-state index in [1.807, 2.05) is 13.8 Å². The van der Waals surface area contributed by atoms with Gasteiger partial charge in [-0.05, 0) is 40.5 Å². The summed E-state index contributed by atoms with van der Waals surface area (Å²) in [5.41, 5.74) is -1.40. The quantitative estimate of drug-likeness (QED) is 0.791. The summed E-state index contributed by atoms with van der Waals surface area (Å²) in [4.78, 5) is 37.9. The largest absolute Gasteiger partial charge is 0.443 e. The minimum Gasteiger partial charge on any atom is -0.443 e. The highest BCUT2D eigenvalue weighted by Crippen LogP contribution is 2.32. The van der Waals surface area contributed by atoms with E-state index in [1.54, 1.807) is 27.9 Å². The van der Waals surface area contributed by atoms with Crippen molar-refractivity contribution in [1.82, 2.24) is 10.2 Å². The molecular formula is C18H32N2O5. The highest BCUT2D eigenvalue weighted by Gasteiger charge is 2.49. The summed E-state index contributed by atoms with van der Waals surface area (Å²) in [7, 11) is 1.58. The van der Waals surface area contributed by atoms with E-state index < -0.39 is 29.4 Å². The Morgan fingerprint density at radius 2 is 1.92 bits per heavy atom. The molecule has 7 heteroatoms. The first kappa shape index (κ1) is 21.4. The molecule has 1 fully saturated rings. The van der Waals surface area contributed by atoms with Crippen LogP contribution >= 0.6 is 0 Å². The molecule has 7 nitrogen and oxygen atoms in total. The summed E-state index contributed by atoms with van der Waals surface area (Å²) in [6, 6.07) is -1.00. The number of methoxy groups -OCH3 is 1. The number of hydrogen-bond donors (Lipinski definition) is 1. The van der Waals surface area contributed by atoms with Crippen LogP contribution in [0.2, 0.25) is 0 Å². The minimum absolute atomic E-state index is 0.229. The van der Waals surface area contributed by atoms with Crippen molar-refractivity contribution < 1.29 is 23.9 Å². The number of nitrogens with zero attached hydrogens (tertiary/aromatic N) is 1. The van der Waals surface area contributed by atoms with Crippen molar-refractivity contribution in [3.8, 4) is 0 Å². The van der Waals surface area contributed by atoms with Crippen molar-refractivity contribution >= 4 is 17.9 Å². The molecule has 0 aromatic rings. The Morgan fingerprint density at radius 3 is 2.36 bits per heavy atom. The van der Waals surface area contributed by atoms with Crippen LogP contribution in [0, 0.1) is 0 Å². The topological polar surface area (TPSA) is 84.9 Å². The monoisotopic (exact) mass is 356 g/mol. The first-order valence-corrected chi connectivity index (χ1v) is 8.82. The maximum Gasteiger partial charge on any atom is 0.417 e. The molecule has 3 atom stereocenters. The van der Waals surface area contributed by atoms with Gasteiger partial charge in [-0.2, -0.15) is 0 Å². The molecule has 1 saturated heterocycles. The Balaban J connectivity index is 3.20. The molecule has 1 aliphatic rings. The summed E-state index contributed by atoms with van der Waals surface area (Å²) in [6.07, 6.45) is 1.55. The van der Waals surface area contributed by atoms with Gasteiger partial charge in [0.15, 0.2) is 0 Å². The standard InChI is InChI=1S/C18H32N2O5/c1-8-11-18(6,24-7)15(19-12(2)21)13-9-10-14(22)20(13)16(23)25-17(3,4)5/h13,15H,8-11H2,1-7H3,(H,19,21)/t13-,15-,18+/m1/s1. The SMILES string of the molecule is CCC[C@](C)(OC)[C@H](NC(C)=O)[C@H]1CCC(=O)N1C(=O)OC(C)(C)C. The zero-order chi connectivity index (χ0) is 19.4. The first-order valence-electron chi connectivity index (χ1n) is 8.82. The second-order valence-corrected chi connectivity index (χ2v) is 7.80. The van der Waals surface area contributed by atoms with Gasteiger partial charge in [0.05, 0.1) is 17.7 Å². The van der Waals surface area contributed by atoms with Crippen molar-refractivity contribution in [3.63, 3.8) is 0 Å². The van der Waals surface area contributed by atoms with Crippen LogP contribution in [0.25, 0.3) is 0 Å². The highest BCUT2D eigenvalue weighted by atomic mass is 16.6. The molecule has 0 spiro atoms. The van der Waals surface area contributed by atoms with Crippen molar-refractivity contribution in [2.45, 2.75) is 90.5 Å². The van der Waals surface area contributed by atoms with Crippen molar-refractivity contribution in [3.05, 3.63) is 0 Å². The number of amides is 3. The van der Waals surface area contributed by atoms with E-state index in [9.17, 15) is 14.4 Å². The third-order valence-electron chi connectivity index (χ3n) is 4.46. The summed E-state index contributed by atoms with van der Waals surface area (Å²) in [5, 5.41) is 2.90. The molecule has 0 bridgehead atoms. The lowest BCUT2D eigenvalue weighted by Crippen LogP contribution is -2.62. The number of ether oxygens (including phenoxy) is 2. The third-order valence-corrected chi connectivity index (χ3v) is 4.46. The normalized spacial score (nSPS) is 21.6.